The van der Waals surface area contributed by atoms with Gasteiger partial charge < -0.3 is 11.1 Å². The van der Waals surface area contributed by atoms with Crippen LogP contribution in [0.15, 0.2) is 47.3 Å². The summed E-state index contributed by atoms with van der Waals surface area (Å²) in [6.07, 6.45) is 2.95. The van der Waals surface area contributed by atoms with E-state index in [0.717, 1.165) is 10.8 Å². The highest BCUT2D eigenvalue weighted by atomic mass is 79.9. The summed E-state index contributed by atoms with van der Waals surface area (Å²) in [7, 11) is 0. The number of nitrogen functional groups attached to an aromatic ring is 1. The predicted molar refractivity (Wildman–Crippen MR) is 83.8 cm³/mol. The molecule has 0 atom stereocenters. The van der Waals surface area contributed by atoms with Crippen molar-refractivity contribution in [2.45, 2.75) is 0 Å². The van der Waals surface area contributed by atoms with Crippen molar-refractivity contribution in [3.05, 3.63) is 53.0 Å². The van der Waals surface area contributed by atoms with Crippen LogP contribution in [0.5, 0.6) is 0 Å². The fourth-order valence-electron chi connectivity index (χ4n) is 1.90. The van der Waals surface area contributed by atoms with Crippen molar-refractivity contribution in [2.75, 3.05) is 11.1 Å². The van der Waals surface area contributed by atoms with Crippen LogP contribution in [-0.4, -0.2) is 20.9 Å². The number of benzene rings is 1. The van der Waals surface area contributed by atoms with E-state index < -0.39 is 0 Å². The monoisotopic (exact) mass is 343 g/mol. The lowest BCUT2D eigenvalue weighted by Gasteiger charge is -2.06. The molecule has 0 spiro atoms. The van der Waals surface area contributed by atoms with Gasteiger partial charge in [0.2, 0.25) is 0 Å². The highest BCUT2D eigenvalue weighted by Crippen LogP contribution is 2.20. The van der Waals surface area contributed by atoms with Crippen molar-refractivity contribution >= 4 is 44.2 Å². The molecular formula is C14H10BrN5O. The molecule has 0 aliphatic carbocycles. The molecule has 3 aromatic rings. The third kappa shape index (κ3) is 2.82. The first-order valence-electron chi connectivity index (χ1n) is 6.07. The second-order valence-corrected chi connectivity index (χ2v) is 5.10. The third-order valence-corrected chi connectivity index (χ3v) is 3.27. The number of amides is 1. The Morgan fingerprint density at radius 3 is 2.76 bits per heavy atom. The number of halogens is 1. The number of carbonyl (C=O) groups excluding carboxylic acids is 1. The predicted octanol–water partition coefficient (Wildman–Crippen LogP) is 2.62. The van der Waals surface area contributed by atoms with E-state index in [9.17, 15) is 4.79 Å². The first-order valence-corrected chi connectivity index (χ1v) is 6.87. The Balaban J connectivity index is 1.92. The molecule has 0 unspecified atom stereocenters. The maximum absolute atomic E-state index is 12.2. The van der Waals surface area contributed by atoms with E-state index in [4.69, 9.17) is 5.73 Å². The van der Waals surface area contributed by atoms with Crippen LogP contribution < -0.4 is 11.1 Å². The topological polar surface area (TPSA) is 93.8 Å². The molecular weight excluding hydrogens is 334 g/mol. The summed E-state index contributed by atoms with van der Waals surface area (Å²) in [6, 6.07) is 9.18. The van der Waals surface area contributed by atoms with Gasteiger partial charge in [-0.15, -0.1) is 0 Å². The SMILES string of the molecule is Nc1nc(C(=O)Nc2cnc(Br)cn2)cc2ccccc12. The standard InChI is InChI=1S/C14H10BrN5O/c15-11-6-18-12(7-17-11)20-14(21)10-5-8-3-1-2-4-9(8)13(16)19-10/h1-7H,(H2,16,19)(H,18,20,21). The van der Waals surface area contributed by atoms with E-state index in [1.54, 1.807) is 6.07 Å². The highest BCUT2D eigenvalue weighted by molar-refractivity contribution is 9.10. The Bertz CT molecular complexity index is 819. The number of carbonyl (C=O) groups is 1. The van der Waals surface area contributed by atoms with E-state index in [-0.39, 0.29) is 11.6 Å². The number of nitrogens with one attached hydrogen (secondary N) is 1. The molecule has 7 heteroatoms. The lowest BCUT2D eigenvalue weighted by atomic mass is 10.1. The molecule has 1 aromatic carbocycles. The number of nitrogens with two attached hydrogens (primary N) is 1. The van der Waals surface area contributed by atoms with Crippen LogP contribution in [0.1, 0.15) is 10.5 Å². The zero-order chi connectivity index (χ0) is 14.8. The molecule has 6 nitrogen and oxygen atoms in total. The molecule has 3 rings (SSSR count). The van der Waals surface area contributed by atoms with E-state index in [2.05, 4.69) is 36.2 Å². The molecule has 0 radical (unpaired) electrons. The van der Waals surface area contributed by atoms with Gasteiger partial charge in [-0.3, -0.25) is 4.79 Å². The minimum absolute atomic E-state index is 0.232. The van der Waals surface area contributed by atoms with Crippen molar-refractivity contribution < 1.29 is 4.79 Å². The van der Waals surface area contributed by atoms with Crippen molar-refractivity contribution in [1.82, 2.24) is 15.0 Å². The molecule has 0 saturated heterocycles. The van der Waals surface area contributed by atoms with E-state index in [1.807, 2.05) is 24.3 Å². The second kappa shape index (κ2) is 5.45. The smallest absolute Gasteiger partial charge is 0.275 e. The molecule has 2 heterocycles. The Hall–Kier alpha value is -2.54. The lowest BCUT2D eigenvalue weighted by molar-refractivity contribution is 0.102. The second-order valence-electron chi connectivity index (χ2n) is 4.29. The van der Waals surface area contributed by atoms with Gasteiger partial charge in [-0.05, 0) is 27.4 Å². The summed E-state index contributed by atoms with van der Waals surface area (Å²) in [5, 5.41) is 4.30. The summed E-state index contributed by atoms with van der Waals surface area (Å²) in [5.41, 5.74) is 6.12. The van der Waals surface area contributed by atoms with Crippen molar-refractivity contribution in [2.24, 2.45) is 0 Å². The summed E-state index contributed by atoms with van der Waals surface area (Å²) in [5.74, 6) is 0.279. The lowest BCUT2D eigenvalue weighted by Crippen LogP contribution is -2.15. The Kier molecular flexibility index (Phi) is 3.49. The Morgan fingerprint density at radius 1 is 1.19 bits per heavy atom. The van der Waals surface area contributed by atoms with Crippen LogP contribution in [0.4, 0.5) is 11.6 Å². The number of hydrogen-bond donors (Lipinski definition) is 2. The van der Waals surface area contributed by atoms with E-state index in [0.29, 0.717) is 16.2 Å². The normalized spacial score (nSPS) is 10.5. The van der Waals surface area contributed by atoms with Gasteiger partial charge in [0.05, 0.1) is 12.4 Å². The highest BCUT2D eigenvalue weighted by Gasteiger charge is 2.11. The van der Waals surface area contributed by atoms with Crippen LogP contribution in [0.2, 0.25) is 0 Å². The van der Waals surface area contributed by atoms with E-state index in [1.165, 1.54) is 12.4 Å². The molecule has 3 N–H and O–H groups in total. The largest absolute Gasteiger partial charge is 0.383 e. The fourth-order valence-corrected chi connectivity index (χ4v) is 2.10. The van der Waals surface area contributed by atoms with Gasteiger partial charge in [-0.25, -0.2) is 15.0 Å². The minimum Gasteiger partial charge on any atom is -0.383 e. The van der Waals surface area contributed by atoms with Crippen molar-refractivity contribution in [3.63, 3.8) is 0 Å². The van der Waals surface area contributed by atoms with Gasteiger partial charge in [0.15, 0.2) is 5.82 Å². The first-order chi connectivity index (χ1) is 10.1. The summed E-state index contributed by atoms with van der Waals surface area (Å²) >= 11 is 3.18. The van der Waals surface area contributed by atoms with Gasteiger partial charge in [0, 0.05) is 5.39 Å². The maximum Gasteiger partial charge on any atom is 0.275 e. The van der Waals surface area contributed by atoms with Crippen LogP contribution in [0.25, 0.3) is 10.8 Å². The zero-order valence-corrected chi connectivity index (χ0v) is 12.3. The number of hydrogen-bond acceptors (Lipinski definition) is 5. The number of nitrogens with zero attached hydrogens (tertiary/aromatic N) is 3. The van der Waals surface area contributed by atoms with Crippen LogP contribution in [0.3, 0.4) is 0 Å². The van der Waals surface area contributed by atoms with E-state index >= 15 is 0 Å². The number of aromatic nitrogens is 3. The van der Waals surface area contributed by atoms with Gasteiger partial charge >= 0.3 is 0 Å². The Labute approximate surface area is 128 Å². The average Bonchev–Trinajstić information content (AvgIpc) is 2.49. The molecule has 21 heavy (non-hydrogen) atoms. The zero-order valence-electron chi connectivity index (χ0n) is 10.7. The van der Waals surface area contributed by atoms with Gasteiger partial charge in [-0.2, -0.15) is 0 Å². The molecule has 0 saturated carbocycles. The van der Waals surface area contributed by atoms with Gasteiger partial charge in [-0.1, -0.05) is 24.3 Å². The van der Waals surface area contributed by atoms with Gasteiger partial charge in [0.1, 0.15) is 16.1 Å². The molecule has 0 bridgehead atoms. The molecule has 0 aliphatic rings. The van der Waals surface area contributed by atoms with Crippen molar-refractivity contribution in [1.29, 1.82) is 0 Å². The molecule has 0 fully saturated rings. The quantitative estimate of drug-likeness (QED) is 0.745. The summed E-state index contributed by atoms with van der Waals surface area (Å²) in [4.78, 5) is 24.3. The van der Waals surface area contributed by atoms with Crippen molar-refractivity contribution in [3.8, 4) is 0 Å². The van der Waals surface area contributed by atoms with Crippen LogP contribution in [-0.2, 0) is 0 Å². The number of fused-ring (bicyclic) bond motifs is 1. The summed E-state index contributed by atoms with van der Waals surface area (Å²) in [6.45, 7) is 0. The van der Waals surface area contributed by atoms with Gasteiger partial charge in [0.25, 0.3) is 5.91 Å². The number of pyridine rings is 1. The summed E-state index contributed by atoms with van der Waals surface area (Å²) < 4.78 is 0.591. The van der Waals surface area contributed by atoms with Crippen LogP contribution in [0, 0.1) is 0 Å². The number of anilines is 2. The maximum atomic E-state index is 12.2. The third-order valence-electron chi connectivity index (χ3n) is 2.86. The average molecular weight is 344 g/mol. The number of rotatable bonds is 2. The van der Waals surface area contributed by atoms with Crippen LogP contribution >= 0.6 is 15.9 Å². The Morgan fingerprint density at radius 2 is 2.00 bits per heavy atom. The molecule has 2 aromatic heterocycles. The molecule has 104 valence electrons. The molecule has 1 amide bonds. The first kappa shape index (κ1) is 13.4. The molecule has 0 aliphatic heterocycles. The minimum atomic E-state index is -0.385. The fraction of sp³-hybridized carbons (Fsp3) is 0.